The van der Waals surface area contributed by atoms with E-state index in [-0.39, 0.29) is 30.6 Å². The van der Waals surface area contributed by atoms with E-state index in [2.05, 4.69) is 5.32 Å². The van der Waals surface area contributed by atoms with Gasteiger partial charge in [-0.1, -0.05) is 25.1 Å². The van der Waals surface area contributed by atoms with Crippen molar-refractivity contribution >= 4 is 11.7 Å². The van der Waals surface area contributed by atoms with Crippen molar-refractivity contribution in [1.29, 1.82) is 0 Å². The predicted molar refractivity (Wildman–Crippen MR) is 103 cm³/mol. The Bertz CT molecular complexity index is 785. The molecule has 0 bridgehead atoms. The van der Waals surface area contributed by atoms with Crippen molar-refractivity contribution in [3.05, 3.63) is 59.7 Å². The SMILES string of the molecule is CCCOc1ccc(C(=O)CCC(=O)NC2CCOc3ccccc32)cc1. The first-order valence-corrected chi connectivity index (χ1v) is 9.44. The summed E-state index contributed by atoms with van der Waals surface area (Å²) in [4.78, 5) is 24.6. The summed E-state index contributed by atoms with van der Waals surface area (Å²) in [7, 11) is 0. The highest BCUT2D eigenvalue weighted by Gasteiger charge is 2.22. The molecule has 0 spiro atoms. The van der Waals surface area contributed by atoms with E-state index >= 15 is 0 Å². The van der Waals surface area contributed by atoms with Crippen LogP contribution in [0.25, 0.3) is 0 Å². The molecule has 5 heteroatoms. The fraction of sp³-hybridized carbons (Fsp3) is 0.364. The van der Waals surface area contributed by atoms with Gasteiger partial charge in [-0.3, -0.25) is 9.59 Å². The number of amides is 1. The largest absolute Gasteiger partial charge is 0.494 e. The molecule has 2 aromatic carbocycles. The zero-order chi connectivity index (χ0) is 19.1. The number of hydrogen-bond acceptors (Lipinski definition) is 4. The highest BCUT2D eigenvalue weighted by molar-refractivity contribution is 5.98. The summed E-state index contributed by atoms with van der Waals surface area (Å²) >= 11 is 0. The van der Waals surface area contributed by atoms with E-state index in [0.717, 1.165) is 29.9 Å². The van der Waals surface area contributed by atoms with Crippen LogP contribution in [0.5, 0.6) is 11.5 Å². The molecule has 1 amide bonds. The molecule has 1 atom stereocenters. The maximum atomic E-state index is 12.3. The van der Waals surface area contributed by atoms with E-state index in [1.807, 2.05) is 31.2 Å². The van der Waals surface area contributed by atoms with Crippen LogP contribution in [0.15, 0.2) is 48.5 Å². The summed E-state index contributed by atoms with van der Waals surface area (Å²) in [5.74, 6) is 1.41. The molecule has 0 saturated heterocycles. The molecule has 0 radical (unpaired) electrons. The van der Waals surface area contributed by atoms with E-state index in [1.54, 1.807) is 24.3 Å². The molecule has 1 aliphatic heterocycles. The summed E-state index contributed by atoms with van der Waals surface area (Å²) in [6, 6.07) is 14.7. The predicted octanol–water partition coefficient (Wildman–Crippen LogP) is 4.08. The molecule has 3 rings (SSSR count). The van der Waals surface area contributed by atoms with Gasteiger partial charge in [0, 0.05) is 30.4 Å². The Balaban J connectivity index is 1.50. The molecule has 0 fully saturated rings. The van der Waals surface area contributed by atoms with Crippen LogP contribution in [0, 0.1) is 0 Å². The lowest BCUT2D eigenvalue weighted by atomic mass is 10.00. The Hall–Kier alpha value is -2.82. The van der Waals surface area contributed by atoms with Gasteiger partial charge in [0.25, 0.3) is 0 Å². The zero-order valence-electron chi connectivity index (χ0n) is 15.6. The molecule has 2 aromatic rings. The maximum Gasteiger partial charge on any atom is 0.220 e. The average molecular weight is 367 g/mol. The van der Waals surface area contributed by atoms with Crippen LogP contribution in [0.1, 0.15) is 54.6 Å². The number of ketones is 1. The normalized spacial score (nSPS) is 15.4. The number of hydrogen-bond donors (Lipinski definition) is 1. The van der Waals surface area contributed by atoms with Crippen molar-refractivity contribution in [2.75, 3.05) is 13.2 Å². The second-order valence-corrected chi connectivity index (χ2v) is 6.59. The summed E-state index contributed by atoms with van der Waals surface area (Å²) in [6.07, 6.45) is 2.03. The molecule has 1 aliphatic rings. The van der Waals surface area contributed by atoms with E-state index in [0.29, 0.717) is 18.8 Å². The molecule has 5 nitrogen and oxygen atoms in total. The van der Waals surface area contributed by atoms with Crippen molar-refractivity contribution in [3.8, 4) is 11.5 Å². The maximum absolute atomic E-state index is 12.3. The Kier molecular flexibility index (Phi) is 6.47. The Labute approximate surface area is 159 Å². The number of nitrogens with one attached hydrogen (secondary N) is 1. The first-order chi connectivity index (χ1) is 13.2. The molecule has 1 N–H and O–H groups in total. The van der Waals surface area contributed by atoms with E-state index in [9.17, 15) is 9.59 Å². The van der Waals surface area contributed by atoms with Crippen molar-refractivity contribution in [3.63, 3.8) is 0 Å². The topological polar surface area (TPSA) is 64.6 Å². The molecule has 0 aliphatic carbocycles. The Morgan fingerprint density at radius 3 is 2.67 bits per heavy atom. The van der Waals surface area contributed by atoms with Crippen LogP contribution < -0.4 is 14.8 Å². The molecule has 27 heavy (non-hydrogen) atoms. The molecule has 0 saturated carbocycles. The third kappa shape index (κ3) is 5.09. The fourth-order valence-corrected chi connectivity index (χ4v) is 3.09. The van der Waals surface area contributed by atoms with Gasteiger partial charge < -0.3 is 14.8 Å². The number of rotatable bonds is 8. The van der Waals surface area contributed by atoms with Gasteiger partial charge >= 0.3 is 0 Å². The molecule has 142 valence electrons. The first-order valence-electron chi connectivity index (χ1n) is 9.44. The van der Waals surface area contributed by atoms with Gasteiger partial charge in [-0.15, -0.1) is 0 Å². The van der Waals surface area contributed by atoms with Gasteiger partial charge in [0.05, 0.1) is 19.3 Å². The number of benzene rings is 2. The highest BCUT2D eigenvalue weighted by Crippen LogP contribution is 2.31. The van der Waals surface area contributed by atoms with Gasteiger partial charge in [-0.05, 0) is 36.8 Å². The third-order valence-electron chi connectivity index (χ3n) is 4.52. The van der Waals surface area contributed by atoms with Crippen LogP contribution >= 0.6 is 0 Å². The summed E-state index contributed by atoms with van der Waals surface area (Å²) in [5, 5.41) is 3.02. The van der Waals surface area contributed by atoms with Gasteiger partial charge in [0.1, 0.15) is 11.5 Å². The fourth-order valence-electron chi connectivity index (χ4n) is 3.09. The lowest BCUT2D eigenvalue weighted by Gasteiger charge is -2.26. The van der Waals surface area contributed by atoms with Crippen LogP contribution in [0.2, 0.25) is 0 Å². The van der Waals surface area contributed by atoms with E-state index < -0.39 is 0 Å². The zero-order valence-corrected chi connectivity index (χ0v) is 15.6. The molecule has 1 unspecified atom stereocenters. The van der Waals surface area contributed by atoms with E-state index in [4.69, 9.17) is 9.47 Å². The quantitative estimate of drug-likeness (QED) is 0.714. The number of para-hydroxylation sites is 1. The smallest absolute Gasteiger partial charge is 0.220 e. The highest BCUT2D eigenvalue weighted by atomic mass is 16.5. The monoisotopic (exact) mass is 367 g/mol. The third-order valence-corrected chi connectivity index (χ3v) is 4.52. The number of carbonyl (C=O) groups excluding carboxylic acids is 2. The van der Waals surface area contributed by atoms with E-state index in [1.165, 1.54) is 0 Å². The Morgan fingerprint density at radius 1 is 1.11 bits per heavy atom. The van der Waals surface area contributed by atoms with Crippen LogP contribution in [0.4, 0.5) is 0 Å². The number of carbonyl (C=O) groups is 2. The second-order valence-electron chi connectivity index (χ2n) is 6.59. The van der Waals surface area contributed by atoms with Crippen molar-refractivity contribution in [2.24, 2.45) is 0 Å². The van der Waals surface area contributed by atoms with Crippen molar-refractivity contribution in [2.45, 2.75) is 38.6 Å². The minimum atomic E-state index is -0.118. The lowest BCUT2D eigenvalue weighted by Crippen LogP contribution is -2.32. The number of ether oxygens (including phenoxy) is 2. The average Bonchev–Trinajstić information content (AvgIpc) is 2.71. The van der Waals surface area contributed by atoms with Crippen molar-refractivity contribution in [1.82, 2.24) is 5.32 Å². The first kappa shape index (κ1) is 19.0. The number of Topliss-reactive ketones (excluding diaryl/α,β-unsaturated/α-hetero) is 1. The molecule has 1 heterocycles. The second kappa shape index (κ2) is 9.21. The minimum Gasteiger partial charge on any atom is -0.494 e. The van der Waals surface area contributed by atoms with Crippen LogP contribution in [-0.2, 0) is 4.79 Å². The number of fused-ring (bicyclic) bond motifs is 1. The standard InChI is InChI=1S/C22H25NO4/c1-2-14-26-17-9-7-16(8-10-17)20(24)11-12-22(25)23-19-13-15-27-21-6-4-3-5-18(19)21/h3-10,19H,2,11-15H2,1H3,(H,23,25). The van der Waals surface area contributed by atoms with Crippen LogP contribution in [-0.4, -0.2) is 24.9 Å². The van der Waals surface area contributed by atoms with Gasteiger partial charge in [0.15, 0.2) is 5.78 Å². The summed E-state index contributed by atoms with van der Waals surface area (Å²) in [5.41, 5.74) is 1.59. The van der Waals surface area contributed by atoms with Crippen LogP contribution in [0.3, 0.4) is 0 Å². The Morgan fingerprint density at radius 2 is 1.89 bits per heavy atom. The molecular weight excluding hydrogens is 342 g/mol. The lowest BCUT2D eigenvalue weighted by molar-refractivity contribution is -0.122. The van der Waals surface area contributed by atoms with Gasteiger partial charge in [-0.2, -0.15) is 0 Å². The summed E-state index contributed by atoms with van der Waals surface area (Å²) in [6.45, 7) is 3.28. The van der Waals surface area contributed by atoms with Gasteiger partial charge in [-0.25, -0.2) is 0 Å². The van der Waals surface area contributed by atoms with Crippen molar-refractivity contribution < 1.29 is 19.1 Å². The summed E-state index contributed by atoms with van der Waals surface area (Å²) < 4.78 is 11.1. The minimum absolute atomic E-state index is 0.0421. The molecule has 0 aromatic heterocycles. The van der Waals surface area contributed by atoms with Gasteiger partial charge in [0.2, 0.25) is 5.91 Å². The molecular formula is C22H25NO4.